The third-order valence-corrected chi connectivity index (χ3v) is 3.83. The molecule has 0 aromatic heterocycles. The number of fused-ring (bicyclic) bond motifs is 1. The molecule has 1 aromatic rings. The van der Waals surface area contributed by atoms with Crippen LogP contribution in [0.5, 0.6) is 11.5 Å². The van der Waals surface area contributed by atoms with Crippen LogP contribution in [0, 0.1) is 5.92 Å². The number of ether oxygens (including phenoxy) is 2. The lowest BCUT2D eigenvalue weighted by Crippen LogP contribution is -2.39. The predicted molar refractivity (Wildman–Crippen MR) is 81.2 cm³/mol. The first-order valence-electron chi connectivity index (χ1n) is 7.55. The molecule has 1 saturated heterocycles. The van der Waals surface area contributed by atoms with Gasteiger partial charge in [0.1, 0.15) is 13.2 Å². The van der Waals surface area contributed by atoms with Crippen molar-refractivity contribution >= 4 is 17.5 Å². The fourth-order valence-corrected chi connectivity index (χ4v) is 2.62. The lowest BCUT2D eigenvalue weighted by molar-refractivity contribution is -0.124. The maximum atomic E-state index is 12.2. The minimum absolute atomic E-state index is 0.00531. The van der Waals surface area contributed by atoms with Gasteiger partial charge in [-0.05, 0) is 12.1 Å². The number of anilines is 1. The van der Waals surface area contributed by atoms with Gasteiger partial charge in [-0.2, -0.15) is 0 Å². The molecule has 0 radical (unpaired) electrons. The third kappa shape index (κ3) is 2.86. The molecule has 2 amide bonds. The van der Waals surface area contributed by atoms with E-state index < -0.39 is 0 Å². The van der Waals surface area contributed by atoms with Crippen LogP contribution in [0.1, 0.15) is 20.3 Å². The van der Waals surface area contributed by atoms with E-state index in [2.05, 4.69) is 5.32 Å². The normalized spacial score (nSPS) is 20.4. The first kappa shape index (κ1) is 14.7. The number of benzene rings is 1. The monoisotopic (exact) mass is 304 g/mol. The summed E-state index contributed by atoms with van der Waals surface area (Å²) in [5, 5.41) is 2.91. The Labute approximate surface area is 129 Å². The summed E-state index contributed by atoms with van der Waals surface area (Å²) in [4.78, 5) is 25.7. The summed E-state index contributed by atoms with van der Waals surface area (Å²) in [6, 6.07) is 5.34. The van der Waals surface area contributed by atoms with Crippen LogP contribution >= 0.6 is 0 Å². The molecule has 3 rings (SSSR count). The van der Waals surface area contributed by atoms with Crippen molar-refractivity contribution in [2.24, 2.45) is 5.92 Å². The summed E-state index contributed by atoms with van der Waals surface area (Å²) in [6.45, 7) is 5.21. The molecule has 22 heavy (non-hydrogen) atoms. The number of nitrogens with one attached hydrogen (secondary N) is 1. The van der Waals surface area contributed by atoms with Crippen molar-refractivity contribution in [1.29, 1.82) is 0 Å². The SMILES string of the molecule is CC(C)C(=O)N[C@H]1CC(=O)N(c2ccc3c(c2)OCCO3)C1. The van der Waals surface area contributed by atoms with E-state index in [4.69, 9.17) is 9.47 Å². The Morgan fingerprint density at radius 1 is 1.27 bits per heavy atom. The largest absolute Gasteiger partial charge is 0.486 e. The van der Waals surface area contributed by atoms with E-state index in [1.807, 2.05) is 32.0 Å². The number of rotatable bonds is 3. The van der Waals surface area contributed by atoms with Gasteiger partial charge in [0, 0.05) is 30.6 Å². The molecule has 1 aromatic carbocycles. The second kappa shape index (κ2) is 5.87. The van der Waals surface area contributed by atoms with Crippen molar-refractivity contribution in [2.75, 3.05) is 24.7 Å². The van der Waals surface area contributed by atoms with Crippen LogP contribution in [-0.2, 0) is 9.59 Å². The van der Waals surface area contributed by atoms with Crippen LogP contribution in [0.25, 0.3) is 0 Å². The second-order valence-corrected chi connectivity index (χ2v) is 5.90. The fourth-order valence-electron chi connectivity index (χ4n) is 2.62. The van der Waals surface area contributed by atoms with Gasteiger partial charge in [-0.15, -0.1) is 0 Å². The van der Waals surface area contributed by atoms with E-state index >= 15 is 0 Å². The molecule has 1 atom stereocenters. The van der Waals surface area contributed by atoms with E-state index in [9.17, 15) is 9.59 Å². The summed E-state index contributed by atoms with van der Waals surface area (Å²) in [5.41, 5.74) is 0.774. The molecule has 6 heteroatoms. The van der Waals surface area contributed by atoms with E-state index in [0.717, 1.165) is 5.69 Å². The van der Waals surface area contributed by atoms with Gasteiger partial charge in [-0.1, -0.05) is 13.8 Å². The number of nitrogens with zero attached hydrogens (tertiary/aromatic N) is 1. The summed E-state index contributed by atoms with van der Waals surface area (Å²) < 4.78 is 11.0. The summed E-state index contributed by atoms with van der Waals surface area (Å²) in [5.74, 6) is 1.25. The summed E-state index contributed by atoms with van der Waals surface area (Å²) >= 11 is 0. The smallest absolute Gasteiger partial charge is 0.229 e. The molecule has 1 fully saturated rings. The van der Waals surface area contributed by atoms with Crippen LogP contribution in [-0.4, -0.2) is 37.6 Å². The van der Waals surface area contributed by atoms with Crippen molar-refractivity contribution < 1.29 is 19.1 Å². The average molecular weight is 304 g/mol. The molecule has 6 nitrogen and oxygen atoms in total. The molecular formula is C16H20N2O4. The average Bonchev–Trinajstić information content (AvgIpc) is 2.87. The van der Waals surface area contributed by atoms with Crippen molar-refractivity contribution in [2.45, 2.75) is 26.3 Å². The van der Waals surface area contributed by atoms with E-state index in [1.54, 1.807) is 4.90 Å². The minimum atomic E-state index is -0.143. The van der Waals surface area contributed by atoms with Crippen molar-refractivity contribution in [3.63, 3.8) is 0 Å². The molecule has 2 aliphatic rings. The number of carbonyl (C=O) groups excluding carboxylic acids is 2. The quantitative estimate of drug-likeness (QED) is 0.915. The summed E-state index contributed by atoms with van der Waals surface area (Å²) in [6.07, 6.45) is 0.326. The molecule has 2 aliphatic heterocycles. The molecule has 118 valence electrons. The van der Waals surface area contributed by atoms with Crippen molar-refractivity contribution in [3.8, 4) is 11.5 Å². The highest BCUT2D eigenvalue weighted by molar-refractivity contribution is 5.97. The number of amides is 2. The van der Waals surface area contributed by atoms with Gasteiger partial charge >= 0.3 is 0 Å². The Hall–Kier alpha value is -2.24. The molecule has 0 unspecified atom stereocenters. The molecule has 2 heterocycles. The molecule has 0 bridgehead atoms. The maximum absolute atomic E-state index is 12.2. The number of hydrogen-bond donors (Lipinski definition) is 1. The zero-order valence-corrected chi connectivity index (χ0v) is 12.8. The van der Waals surface area contributed by atoms with Crippen molar-refractivity contribution in [1.82, 2.24) is 5.32 Å². The first-order valence-corrected chi connectivity index (χ1v) is 7.55. The highest BCUT2D eigenvalue weighted by atomic mass is 16.6. The van der Waals surface area contributed by atoms with Crippen molar-refractivity contribution in [3.05, 3.63) is 18.2 Å². The fraction of sp³-hybridized carbons (Fsp3) is 0.500. The minimum Gasteiger partial charge on any atom is -0.486 e. The van der Waals surface area contributed by atoms with Crippen LogP contribution in [0.4, 0.5) is 5.69 Å². The zero-order valence-electron chi connectivity index (χ0n) is 12.8. The highest BCUT2D eigenvalue weighted by Crippen LogP contribution is 2.35. The van der Waals surface area contributed by atoms with E-state index in [-0.39, 0.29) is 23.8 Å². The molecule has 0 saturated carbocycles. The number of hydrogen-bond acceptors (Lipinski definition) is 4. The van der Waals surface area contributed by atoms with Crippen LogP contribution < -0.4 is 19.7 Å². The lowest BCUT2D eigenvalue weighted by atomic mass is 10.2. The van der Waals surface area contributed by atoms with Gasteiger partial charge in [-0.25, -0.2) is 0 Å². The Kier molecular flexibility index (Phi) is 3.92. The highest BCUT2D eigenvalue weighted by Gasteiger charge is 2.32. The Morgan fingerprint density at radius 2 is 2.00 bits per heavy atom. The molecule has 0 spiro atoms. The van der Waals surface area contributed by atoms with Crippen LogP contribution in [0.3, 0.4) is 0 Å². The van der Waals surface area contributed by atoms with E-state index in [0.29, 0.717) is 37.7 Å². The topological polar surface area (TPSA) is 67.9 Å². The van der Waals surface area contributed by atoms with Gasteiger partial charge in [0.25, 0.3) is 0 Å². The Bertz CT molecular complexity index is 600. The second-order valence-electron chi connectivity index (χ2n) is 5.90. The van der Waals surface area contributed by atoms with Gasteiger partial charge in [0.05, 0.1) is 6.04 Å². The van der Waals surface area contributed by atoms with Crippen LogP contribution in [0.2, 0.25) is 0 Å². The Balaban J connectivity index is 1.72. The lowest BCUT2D eigenvalue weighted by Gasteiger charge is -2.22. The maximum Gasteiger partial charge on any atom is 0.229 e. The molecule has 1 N–H and O–H groups in total. The summed E-state index contributed by atoms with van der Waals surface area (Å²) in [7, 11) is 0. The molecule has 0 aliphatic carbocycles. The number of carbonyl (C=O) groups is 2. The first-order chi connectivity index (χ1) is 10.5. The van der Waals surface area contributed by atoms with E-state index in [1.165, 1.54) is 0 Å². The standard InChI is InChI=1S/C16H20N2O4/c1-10(2)16(20)17-11-7-15(19)18(9-11)12-3-4-13-14(8-12)22-6-5-21-13/h3-4,8,10-11H,5-7,9H2,1-2H3,(H,17,20)/t11-/m0/s1. The van der Waals surface area contributed by atoms with Crippen LogP contribution in [0.15, 0.2) is 18.2 Å². The van der Waals surface area contributed by atoms with Gasteiger partial charge in [0.2, 0.25) is 11.8 Å². The zero-order chi connectivity index (χ0) is 15.7. The third-order valence-electron chi connectivity index (χ3n) is 3.83. The van der Waals surface area contributed by atoms with Gasteiger partial charge in [0.15, 0.2) is 11.5 Å². The van der Waals surface area contributed by atoms with Gasteiger partial charge in [-0.3, -0.25) is 9.59 Å². The predicted octanol–water partition coefficient (Wildman–Crippen LogP) is 1.34. The van der Waals surface area contributed by atoms with Gasteiger partial charge < -0.3 is 19.7 Å². The Morgan fingerprint density at radius 3 is 2.73 bits per heavy atom. The molecular weight excluding hydrogens is 284 g/mol.